The summed E-state index contributed by atoms with van der Waals surface area (Å²) in [6.07, 6.45) is 1.34. The van der Waals surface area contributed by atoms with Crippen LogP contribution < -0.4 is 5.32 Å². The summed E-state index contributed by atoms with van der Waals surface area (Å²) in [7, 11) is 0. The zero-order valence-corrected chi connectivity index (χ0v) is 18.3. The fraction of sp³-hybridized carbons (Fsp3) is 0.278. The number of esters is 1. The predicted octanol–water partition coefficient (Wildman–Crippen LogP) is 4.69. The molecule has 0 bridgehead atoms. The van der Waals surface area contributed by atoms with Crippen LogP contribution in [-0.4, -0.2) is 24.2 Å². The van der Waals surface area contributed by atoms with Crippen molar-refractivity contribution in [2.75, 3.05) is 13.1 Å². The lowest BCUT2D eigenvalue weighted by Crippen LogP contribution is -2.43. The first-order valence-corrected chi connectivity index (χ1v) is 10.3. The van der Waals surface area contributed by atoms with E-state index < -0.39 is 11.6 Å². The van der Waals surface area contributed by atoms with Crippen LogP contribution in [0.1, 0.15) is 28.8 Å². The molecule has 7 heteroatoms. The summed E-state index contributed by atoms with van der Waals surface area (Å²) in [5.41, 5.74) is 0.404. The van der Waals surface area contributed by atoms with E-state index >= 15 is 0 Å². The lowest BCUT2D eigenvalue weighted by atomic mass is 9.84. The quantitative estimate of drug-likeness (QED) is 0.407. The maximum Gasteiger partial charge on any atom is 0.342 e. The molecule has 0 amide bonds. The number of hydrogen-bond donors (Lipinski definition) is 2. The molecule has 0 aliphatic carbocycles. The van der Waals surface area contributed by atoms with Crippen LogP contribution in [0.2, 0.25) is 5.02 Å². The van der Waals surface area contributed by atoms with Crippen molar-refractivity contribution in [2.45, 2.75) is 18.4 Å². The second-order valence-corrected chi connectivity index (χ2v) is 8.77. The molecule has 2 N–H and O–H groups in total. The summed E-state index contributed by atoms with van der Waals surface area (Å²) in [6.45, 7) is 1.51. The minimum Gasteiger partial charge on any atom is -0.506 e. The average Bonchev–Trinajstić information content (AvgIpc) is 2.59. The van der Waals surface area contributed by atoms with Crippen molar-refractivity contribution in [3.05, 3.63) is 59.7 Å². The molecule has 0 spiro atoms. The number of ether oxygens (including phenoxy) is 1. The molecule has 0 atom stereocenters. The monoisotopic (exact) mass is 583 g/mol. The van der Waals surface area contributed by atoms with E-state index in [2.05, 4.69) is 27.9 Å². The number of carbonyl (C=O) groups excluding carboxylic acids is 1. The number of hydrogen-bond acceptors (Lipinski definition) is 4. The van der Waals surface area contributed by atoms with Crippen LogP contribution in [0, 0.1) is 7.14 Å². The van der Waals surface area contributed by atoms with Crippen molar-refractivity contribution in [2.24, 2.45) is 0 Å². The molecule has 4 nitrogen and oxygen atoms in total. The fourth-order valence-electron chi connectivity index (χ4n) is 2.99. The molecule has 0 aromatic heterocycles. The molecule has 0 saturated carbocycles. The molecular weight excluding hydrogens is 567 g/mol. The van der Waals surface area contributed by atoms with Crippen LogP contribution in [0.15, 0.2) is 36.4 Å². The smallest absolute Gasteiger partial charge is 0.342 e. The van der Waals surface area contributed by atoms with Gasteiger partial charge < -0.3 is 15.2 Å². The van der Waals surface area contributed by atoms with E-state index in [1.807, 2.05) is 40.8 Å². The summed E-state index contributed by atoms with van der Waals surface area (Å²) in [5.74, 6) is -0.544. The summed E-state index contributed by atoms with van der Waals surface area (Å²) in [5, 5.41) is 14.2. The standard InChI is InChI=1S/C18H16ClI2NO3/c19-12-3-1-11(2-4-12)18(5-7-22-8-6-18)25-17(24)14-9-13(20)10-15(21)16(14)23/h1-4,9-10,22-23H,5-8H2. The molecule has 2 aromatic rings. The third kappa shape index (κ3) is 4.23. The highest BCUT2D eigenvalue weighted by molar-refractivity contribution is 14.1. The van der Waals surface area contributed by atoms with Crippen molar-refractivity contribution in [3.8, 4) is 5.75 Å². The third-order valence-corrected chi connectivity index (χ3v) is 6.01. The zero-order chi connectivity index (χ0) is 18.0. The largest absolute Gasteiger partial charge is 0.506 e. The molecule has 0 radical (unpaired) electrons. The van der Waals surface area contributed by atoms with E-state index in [4.69, 9.17) is 16.3 Å². The van der Waals surface area contributed by atoms with E-state index in [1.165, 1.54) is 0 Å². The second-order valence-electron chi connectivity index (χ2n) is 5.92. The minimum atomic E-state index is -0.716. The van der Waals surface area contributed by atoms with Gasteiger partial charge in [-0.15, -0.1) is 0 Å². The lowest BCUT2D eigenvalue weighted by Gasteiger charge is -2.37. The Morgan fingerprint density at radius 1 is 1.16 bits per heavy atom. The average molecular weight is 584 g/mol. The lowest BCUT2D eigenvalue weighted by molar-refractivity contribution is -0.0380. The Labute approximate surface area is 178 Å². The molecule has 132 valence electrons. The molecule has 1 fully saturated rings. The van der Waals surface area contributed by atoms with Gasteiger partial charge in [0.05, 0.1) is 3.57 Å². The Balaban J connectivity index is 1.96. The molecule has 3 rings (SSSR count). The Bertz CT molecular complexity index is 790. The van der Waals surface area contributed by atoms with Gasteiger partial charge in [-0.2, -0.15) is 0 Å². The van der Waals surface area contributed by atoms with Gasteiger partial charge in [0.15, 0.2) is 0 Å². The molecular formula is C18H16ClI2NO3. The van der Waals surface area contributed by atoms with Gasteiger partial charge in [0, 0.05) is 21.4 Å². The summed E-state index contributed by atoms with van der Waals surface area (Å²) in [6, 6.07) is 10.9. The number of nitrogens with one attached hydrogen (secondary N) is 1. The Morgan fingerprint density at radius 3 is 2.44 bits per heavy atom. The first kappa shape index (κ1) is 19.2. The molecule has 1 aliphatic rings. The van der Waals surface area contributed by atoms with Crippen LogP contribution in [0.4, 0.5) is 0 Å². The Morgan fingerprint density at radius 2 is 1.80 bits per heavy atom. The minimum absolute atomic E-state index is 0.0359. The highest BCUT2D eigenvalue weighted by Gasteiger charge is 2.38. The molecule has 1 saturated heterocycles. The van der Waals surface area contributed by atoms with Crippen LogP contribution in [-0.2, 0) is 10.3 Å². The Hall–Kier alpha value is -0.580. The number of benzene rings is 2. The fourth-order valence-corrected chi connectivity index (χ4v) is 4.96. The SMILES string of the molecule is O=C(OC1(c2ccc(Cl)cc2)CCNCC1)c1cc(I)cc(I)c1O. The number of phenolic OH excluding ortho intramolecular Hbond substituents is 1. The number of aromatic hydroxyl groups is 1. The maximum absolute atomic E-state index is 12.8. The third-order valence-electron chi connectivity index (χ3n) is 4.32. The van der Waals surface area contributed by atoms with Gasteiger partial charge >= 0.3 is 5.97 Å². The van der Waals surface area contributed by atoms with Gasteiger partial charge in [0.1, 0.15) is 16.9 Å². The molecule has 2 aromatic carbocycles. The maximum atomic E-state index is 12.8. The highest BCUT2D eigenvalue weighted by Crippen LogP contribution is 2.37. The molecule has 25 heavy (non-hydrogen) atoms. The van der Waals surface area contributed by atoms with Crippen LogP contribution in [0.25, 0.3) is 0 Å². The van der Waals surface area contributed by atoms with Crippen LogP contribution in [0.3, 0.4) is 0 Å². The number of rotatable bonds is 3. The van der Waals surface area contributed by atoms with Gasteiger partial charge in [-0.1, -0.05) is 23.7 Å². The van der Waals surface area contributed by atoms with Crippen molar-refractivity contribution >= 4 is 62.8 Å². The van der Waals surface area contributed by atoms with Gasteiger partial charge in [-0.05, 0) is 88.1 Å². The van der Waals surface area contributed by atoms with Crippen molar-refractivity contribution in [1.29, 1.82) is 0 Å². The molecule has 1 aliphatic heterocycles. The summed E-state index contributed by atoms with van der Waals surface area (Å²) < 4.78 is 7.49. The van der Waals surface area contributed by atoms with Crippen LogP contribution in [0.5, 0.6) is 5.75 Å². The first-order chi connectivity index (χ1) is 11.9. The molecule has 1 heterocycles. The van der Waals surface area contributed by atoms with Gasteiger partial charge in [-0.25, -0.2) is 4.79 Å². The first-order valence-electron chi connectivity index (χ1n) is 7.79. The second kappa shape index (κ2) is 7.98. The van der Waals surface area contributed by atoms with E-state index in [1.54, 1.807) is 18.2 Å². The van der Waals surface area contributed by atoms with Crippen LogP contribution >= 0.6 is 56.8 Å². The Kier molecular flexibility index (Phi) is 6.12. The topological polar surface area (TPSA) is 58.6 Å². The van der Waals surface area contributed by atoms with E-state index in [0.29, 0.717) is 21.4 Å². The summed E-state index contributed by atoms with van der Waals surface area (Å²) in [4.78, 5) is 12.8. The van der Waals surface area contributed by atoms with Crippen molar-refractivity contribution < 1.29 is 14.6 Å². The molecule has 0 unspecified atom stereocenters. The zero-order valence-electron chi connectivity index (χ0n) is 13.2. The van der Waals surface area contributed by atoms with Crippen molar-refractivity contribution in [3.63, 3.8) is 0 Å². The number of carbonyl (C=O) groups is 1. The van der Waals surface area contributed by atoms with Gasteiger partial charge in [0.25, 0.3) is 0 Å². The number of phenols is 1. The van der Waals surface area contributed by atoms with E-state index in [-0.39, 0.29) is 11.3 Å². The van der Waals surface area contributed by atoms with E-state index in [9.17, 15) is 9.90 Å². The normalized spacial score (nSPS) is 16.4. The number of halogens is 3. The summed E-state index contributed by atoms with van der Waals surface area (Å²) >= 11 is 10.1. The van der Waals surface area contributed by atoms with Gasteiger partial charge in [0.2, 0.25) is 0 Å². The predicted molar refractivity (Wildman–Crippen MR) is 114 cm³/mol. The van der Waals surface area contributed by atoms with E-state index in [0.717, 1.165) is 22.2 Å². The highest BCUT2D eigenvalue weighted by atomic mass is 127. The van der Waals surface area contributed by atoms with Crippen molar-refractivity contribution in [1.82, 2.24) is 5.32 Å². The number of piperidine rings is 1. The van der Waals surface area contributed by atoms with Gasteiger partial charge in [-0.3, -0.25) is 0 Å².